The number of hydrogen-bond acceptors (Lipinski definition) is 4. The van der Waals surface area contributed by atoms with Gasteiger partial charge in [-0.15, -0.1) is 0 Å². The van der Waals surface area contributed by atoms with Gasteiger partial charge in [-0.2, -0.15) is 0 Å². The van der Waals surface area contributed by atoms with Crippen LogP contribution >= 0.6 is 0 Å². The van der Waals surface area contributed by atoms with Crippen LogP contribution in [0.3, 0.4) is 0 Å². The fraction of sp³-hybridized carbons (Fsp3) is 0.600. The van der Waals surface area contributed by atoms with E-state index in [1.54, 1.807) is 26.6 Å². The van der Waals surface area contributed by atoms with Crippen LogP contribution in [0.2, 0.25) is 0 Å². The van der Waals surface area contributed by atoms with E-state index in [0.29, 0.717) is 18.0 Å². The van der Waals surface area contributed by atoms with Gasteiger partial charge in [-0.1, -0.05) is 0 Å². The molecular weight excluding hydrogens is 194 g/mol. The van der Waals surface area contributed by atoms with Gasteiger partial charge in [0.05, 0.1) is 6.10 Å². The number of nitrogens with zero attached hydrogens (tertiary/aromatic N) is 2. The fourth-order valence-electron chi connectivity index (χ4n) is 1.67. The highest BCUT2D eigenvalue weighted by Crippen LogP contribution is 2.24. The zero-order chi connectivity index (χ0) is 10.8. The first kappa shape index (κ1) is 10.2. The SMILES string of the molecule is COC1CC(Nc2nccn(C)c2=O)C1. The highest BCUT2D eigenvalue weighted by Gasteiger charge is 2.29. The van der Waals surface area contributed by atoms with Crippen LogP contribution in [0.4, 0.5) is 5.82 Å². The molecular formula is C10H15N3O2. The molecule has 0 unspecified atom stereocenters. The molecule has 0 radical (unpaired) electrons. The standard InChI is InChI=1S/C10H15N3O2/c1-13-4-3-11-9(10(13)14)12-7-5-8(6-7)15-2/h3-4,7-8H,5-6H2,1-2H3,(H,11,12). The summed E-state index contributed by atoms with van der Waals surface area (Å²) < 4.78 is 6.68. The summed E-state index contributed by atoms with van der Waals surface area (Å²) in [4.78, 5) is 15.6. The van der Waals surface area contributed by atoms with Crippen LogP contribution in [0.15, 0.2) is 17.2 Å². The quantitative estimate of drug-likeness (QED) is 0.781. The molecule has 1 heterocycles. The number of ether oxygens (including phenoxy) is 1. The van der Waals surface area contributed by atoms with E-state index < -0.39 is 0 Å². The maximum absolute atomic E-state index is 11.6. The Morgan fingerprint density at radius 2 is 2.33 bits per heavy atom. The summed E-state index contributed by atoms with van der Waals surface area (Å²) in [7, 11) is 3.43. The second-order valence-electron chi connectivity index (χ2n) is 3.86. The molecule has 0 bridgehead atoms. The lowest BCUT2D eigenvalue weighted by molar-refractivity contribution is 0.0327. The third kappa shape index (κ3) is 2.02. The summed E-state index contributed by atoms with van der Waals surface area (Å²) in [6.07, 6.45) is 5.48. The van der Waals surface area contributed by atoms with Crippen molar-refractivity contribution < 1.29 is 4.74 Å². The third-order valence-electron chi connectivity index (χ3n) is 2.79. The van der Waals surface area contributed by atoms with Crippen LogP contribution in [0.1, 0.15) is 12.8 Å². The van der Waals surface area contributed by atoms with E-state index in [0.717, 1.165) is 12.8 Å². The molecule has 82 valence electrons. The topological polar surface area (TPSA) is 56.1 Å². The molecule has 1 aromatic heterocycles. The molecule has 2 rings (SSSR count). The Bertz CT molecular complexity index is 396. The van der Waals surface area contributed by atoms with Crippen LogP contribution in [0.25, 0.3) is 0 Å². The lowest BCUT2D eigenvalue weighted by atomic mass is 9.89. The van der Waals surface area contributed by atoms with E-state index in [1.807, 2.05) is 0 Å². The molecule has 1 aliphatic carbocycles. The molecule has 0 aliphatic heterocycles. The molecule has 1 saturated carbocycles. The molecule has 1 fully saturated rings. The number of methoxy groups -OCH3 is 1. The zero-order valence-electron chi connectivity index (χ0n) is 8.93. The Kier molecular flexibility index (Phi) is 2.73. The summed E-state index contributed by atoms with van der Waals surface area (Å²) >= 11 is 0. The van der Waals surface area contributed by atoms with Gasteiger partial charge in [0.2, 0.25) is 0 Å². The van der Waals surface area contributed by atoms with Crippen molar-refractivity contribution in [1.82, 2.24) is 9.55 Å². The summed E-state index contributed by atoms with van der Waals surface area (Å²) in [6, 6.07) is 0.317. The first-order valence-corrected chi connectivity index (χ1v) is 5.01. The van der Waals surface area contributed by atoms with Crippen LogP contribution in [-0.2, 0) is 11.8 Å². The molecule has 1 N–H and O–H groups in total. The van der Waals surface area contributed by atoms with E-state index in [2.05, 4.69) is 10.3 Å². The van der Waals surface area contributed by atoms with E-state index in [4.69, 9.17) is 4.74 Å². The Morgan fingerprint density at radius 1 is 1.60 bits per heavy atom. The van der Waals surface area contributed by atoms with Crippen molar-refractivity contribution in [1.29, 1.82) is 0 Å². The Balaban J connectivity index is 2.01. The Labute approximate surface area is 88.1 Å². The molecule has 0 saturated heterocycles. The minimum absolute atomic E-state index is 0.0848. The second-order valence-corrected chi connectivity index (χ2v) is 3.86. The van der Waals surface area contributed by atoms with E-state index >= 15 is 0 Å². The third-order valence-corrected chi connectivity index (χ3v) is 2.79. The van der Waals surface area contributed by atoms with Crippen LogP contribution < -0.4 is 10.9 Å². The van der Waals surface area contributed by atoms with Gasteiger partial charge >= 0.3 is 0 Å². The largest absolute Gasteiger partial charge is 0.381 e. The molecule has 1 aliphatic rings. The highest BCUT2D eigenvalue weighted by atomic mass is 16.5. The van der Waals surface area contributed by atoms with Crippen molar-refractivity contribution in [3.63, 3.8) is 0 Å². The normalized spacial score (nSPS) is 24.7. The van der Waals surface area contributed by atoms with Gasteiger partial charge in [0, 0.05) is 32.6 Å². The number of anilines is 1. The maximum Gasteiger partial charge on any atom is 0.293 e. The lowest BCUT2D eigenvalue weighted by Gasteiger charge is -2.34. The molecule has 5 heteroatoms. The first-order valence-electron chi connectivity index (χ1n) is 5.01. The highest BCUT2D eigenvalue weighted by molar-refractivity contribution is 5.33. The molecule has 15 heavy (non-hydrogen) atoms. The predicted octanol–water partition coefficient (Wildman–Crippen LogP) is 0.370. The minimum Gasteiger partial charge on any atom is -0.381 e. The van der Waals surface area contributed by atoms with Gasteiger partial charge in [-0.05, 0) is 12.8 Å². The van der Waals surface area contributed by atoms with Crippen LogP contribution in [0, 0.1) is 0 Å². The number of nitrogens with one attached hydrogen (secondary N) is 1. The van der Waals surface area contributed by atoms with Crippen molar-refractivity contribution in [3.05, 3.63) is 22.7 Å². The first-order chi connectivity index (χ1) is 7.20. The average Bonchev–Trinajstić information content (AvgIpc) is 2.17. The average molecular weight is 209 g/mol. The van der Waals surface area contributed by atoms with Crippen LogP contribution in [-0.4, -0.2) is 28.8 Å². The van der Waals surface area contributed by atoms with Gasteiger partial charge in [0.25, 0.3) is 5.56 Å². The van der Waals surface area contributed by atoms with E-state index in [1.165, 1.54) is 4.57 Å². The predicted molar refractivity (Wildman–Crippen MR) is 56.9 cm³/mol. The van der Waals surface area contributed by atoms with Gasteiger partial charge in [-0.3, -0.25) is 4.79 Å². The van der Waals surface area contributed by atoms with Crippen LogP contribution in [0.5, 0.6) is 0 Å². The summed E-state index contributed by atoms with van der Waals surface area (Å²) in [5.41, 5.74) is -0.0848. The van der Waals surface area contributed by atoms with Crippen molar-refractivity contribution in [2.45, 2.75) is 25.0 Å². The summed E-state index contributed by atoms with van der Waals surface area (Å²) in [5.74, 6) is 0.430. The number of rotatable bonds is 3. The number of aromatic nitrogens is 2. The summed E-state index contributed by atoms with van der Waals surface area (Å²) in [6.45, 7) is 0. The van der Waals surface area contributed by atoms with Gasteiger partial charge in [0.1, 0.15) is 0 Å². The second kappa shape index (κ2) is 4.02. The Morgan fingerprint density at radius 3 is 3.00 bits per heavy atom. The molecule has 0 atom stereocenters. The van der Waals surface area contributed by atoms with Gasteiger partial charge < -0.3 is 14.6 Å². The van der Waals surface area contributed by atoms with Crippen molar-refractivity contribution >= 4 is 5.82 Å². The van der Waals surface area contributed by atoms with E-state index in [-0.39, 0.29) is 5.56 Å². The molecule has 5 nitrogen and oxygen atoms in total. The fourth-order valence-corrected chi connectivity index (χ4v) is 1.67. The summed E-state index contributed by atoms with van der Waals surface area (Å²) in [5, 5.41) is 3.13. The molecule has 0 spiro atoms. The molecule has 0 amide bonds. The van der Waals surface area contributed by atoms with Crippen molar-refractivity contribution in [2.24, 2.45) is 7.05 Å². The van der Waals surface area contributed by atoms with Gasteiger partial charge in [-0.25, -0.2) is 4.98 Å². The smallest absolute Gasteiger partial charge is 0.293 e. The lowest BCUT2D eigenvalue weighted by Crippen LogP contribution is -2.42. The molecule has 0 aromatic carbocycles. The minimum atomic E-state index is -0.0848. The number of hydrogen-bond donors (Lipinski definition) is 1. The Hall–Kier alpha value is -1.36. The monoisotopic (exact) mass is 209 g/mol. The molecule has 1 aromatic rings. The van der Waals surface area contributed by atoms with Gasteiger partial charge in [0.15, 0.2) is 5.82 Å². The maximum atomic E-state index is 11.6. The number of aryl methyl sites for hydroxylation is 1. The van der Waals surface area contributed by atoms with Crippen molar-refractivity contribution in [3.8, 4) is 0 Å². The zero-order valence-corrected chi connectivity index (χ0v) is 8.93. The van der Waals surface area contributed by atoms with E-state index in [9.17, 15) is 4.79 Å². The van der Waals surface area contributed by atoms with Crippen molar-refractivity contribution in [2.75, 3.05) is 12.4 Å².